The monoisotopic (exact) mass is 281 g/mol. The van der Waals surface area contributed by atoms with Gasteiger partial charge in [-0.25, -0.2) is 9.78 Å². The van der Waals surface area contributed by atoms with Crippen molar-refractivity contribution in [3.05, 3.63) is 26.7 Å². The average molecular weight is 281 g/mol. The topological polar surface area (TPSA) is 123 Å². The molecule has 0 aliphatic rings. The van der Waals surface area contributed by atoms with Gasteiger partial charge < -0.3 is 10.7 Å². The van der Waals surface area contributed by atoms with Gasteiger partial charge in [0, 0.05) is 14.1 Å². The molecule has 0 saturated heterocycles. The van der Waals surface area contributed by atoms with Crippen LogP contribution >= 0.6 is 12.2 Å². The van der Waals surface area contributed by atoms with Crippen LogP contribution in [0.25, 0.3) is 11.2 Å². The fourth-order valence-corrected chi connectivity index (χ4v) is 1.61. The number of hydrogen-bond donors (Lipinski definition) is 3. The van der Waals surface area contributed by atoms with Gasteiger partial charge in [-0.2, -0.15) is 5.10 Å². The number of rotatable bonds is 2. The van der Waals surface area contributed by atoms with Crippen LogP contribution in [0.15, 0.2) is 14.7 Å². The molecule has 0 aromatic carbocycles. The summed E-state index contributed by atoms with van der Waals surface area (Å²) in [5, 5.41) is 3.72. The highest BCUT2D eigenvalue weighted by molar-refractivity contribution is 7.80. The van der Waals surface area contributed by atoms with Gasteiger partial charge in [-0.1, -0.05) is 0 Å². The smallest absolute Gasteiger partial charge is 0.332 e. The molecular formula is C9H11N7O2S. The third-order valence-electron chi connectivity index (χ3n) is 2.47. The molecule has 0 bridgehead atoms. The van der Waals surface area contributed by atoms with Crippen molar-refractivity contribution in [3.8, 4) is 0 Å². The van der Waals surface area contributed by atoms with Gasteiger partial charge in [0.2, 0.25) is 0 Å². The van der Waals surface area contributed by atoms with Crippen LogP contribution in [0.4, 0.5) is 0 Å². The van der Waals surface area contributed by atoms with E-state index in [9.17, 15) is 9.59 Å². The molecule has 10 heteroatoms. The Balaban J connectivity index is 2.58. The minimum absolute atomic E-state index is 0.00988. The van der Waals surface area contributed by atoms with Crippen LogP contribution in [0, 0.1) is 0 Å². The fourth-order valence-electron chi connectivity index (χ4n) is 1.56. The first-order valence-corrected chi connectivity index (χ1v) is 5.57. The van der Waals surface area contributed by atoms with E-state index in [2.05, 4.69) is 32.7 Å². The summed E-state index contributed by atoms with van der Waals surface area (Å²) < 4.78 is 2.26. The summed E-state index contributed by atoms with van der Waals surface area (Å²) in [6.07, 6.45) is 1.31. The average Bonchev–Trinajstić information content (AvgIpc) is 2.77. The largest absolute Gasteiger partial charge is 0.375 e. The van der Waals surface area contributed by atoms with Gasteiger partial charge in [-0.3, -0.25) is 19.4 Å². The number of hydrazone groups is 1. The Kier molecular flexibility index (Phi) is 3.17. The lowest BCUT2D eigenvalue weighted by atomic mass is 10.5. The Morgan fingerprint density at radius 2 is 2.16 bits per heavy atom. The quantitative estimate of drug-likeness (QED) is 0.336. The highest BCUT2D eigenvalue weighted by atomic mass is 32.1. The van der Waals surface area contributed by atoms with E-state index in [1.54, 1.807) is 0 Å². The third-order valence-corrected chi connectivity index (χ3v) is 2.57. The number of nitrogens with two attached hydrogens (primary N) is 1. The summed E-state index contributed by atoms with van der Waals surface area (Å²) in [5.74, 6) is 0.303. The number of aromatic nitrogens is 4. The van der Waals surface area contributed by atoms with Crippen molar-refractivity contribution >= 4 is 34.7 Å². The number of aryl methyl sites for hydroxylation is 1. The molecule has 9 nitrogen and oxygen atoms in total. The van der Waals surface area contributed by atoms with Gasteiger partial charge in [0.15, 0.2) is 16.6 Å². The van der Waals surface area contributed by atoms with Crippen molar-refractivity contribution in [1.29, 1.82) is 0 Å². The number of fused-ring (bicyclic) bond motifs is 1. The van der Waals surface area contributed by atoms with Gasteiger partial charge in [0.25, 0.3) is 5.56 Å². The maximum Gasteiger partial charge on any atom is 0.332 e. The maximum atomic E-state index is 11.9. The molecule has 0 amide bonds. The molecule has 0 aliphatic heterocycles. The second-order valence-corrected chi connectivity index (χ2v) is 4.20. The molecular weight excluding hydrogens is 270 g/mol. The van der Waals surface area contributed by atoms with Crippen molar-refractivity contribution in [2.45, 2.75) is 0 Å². The molecule has 2 aromatic heterocycles. The van der Waals surface area contributed by atoms with Crippen molar-refractivity contribution in [2.75, 3.05) is 0 Å². The van der Waals surface area contributed by atoms with Gasteiger partial charge in [-0.15, -0.1) is 0 Å². The van der Waals surface area contributed by atoms with Crippen LogP contribution in [-0.2, 0) is 14.1 Å². The van der Waals surface area contributed by atoms with E-state index in [1.165, 1.54) is 24.9 Å². The van der Waals surface area contributed by atoms with E-state index < -0.39 is 11.2 Å². The number of nitrogens with zero attached hydrogens (tertiary/aromatic N) is 4. The molecule has 0 radical (unpaired) electrons. The normalized spacial score (nSPS) is 11.3. The molecule has 100 valence electrons. The molecule has 0 atom stereocenters. The van der Waals surface area contributed by atoms with Gasteiger partial charge in [0.1, 0.15) is 5.52 Å². The second-order valence-electron chi connectivity index (χ2n) is 3.76. The first kappa shape index (κ1) is 13.0. The zero-order chi connectivity index (χ0) is 14.2. The van der Waals surface area contributed by atoms with Crippen molar-refractivity contribution in [3.63, 3.8) is 0 Å². The maximum absolute atomic E-state index is 11.9. The molecule has 0 spiro atoms. The molecule has 2 heterocycles. The second kappa shape index (κ2) is 4.65. The Hall–Kier alpha value is -2.49. The first-order valence-electron chi connectivity index (χ1n) is 5.16. The summed E-state index contributed by atoms with van der Waals surface area (Å²) in [6, 6.07) is 0. The highest BCUT2D eigenvalue weighted by Gasteiger charge is 2.12. The van der Waals surface area contributed by atoms with E-state index >= 15 is 0 Å². The summed E-state index contributed by atoms with van der Waals surface area (Å²) in [7, 11) is 2.92. The first-order chi connectivity index (χ1) is 8.91. The van der Waals surface area contributed by atoms with Crippen molar-refractivity contribution < 1.29 is 0 Å². The Morgan fingerprint density at radius 1 is 1.47 bits per heavy atom. The number of imidazole rings is 1. The Labute approximate surface area is 111 Å². The number of aromatic amines is 1. The van der Waals surface area contributed by atoms with Crippen molar-refractivity contribution in [2.24, 2.45) is 24.9 Å². The lowest BCUT2D eigenvalue weighted by Gasteiger charge is -2.00. The van der Waals surface area contributed by atoms with Gasteiger partial charge in [0.05, 0.1) is 6.21 Å². The van der Waals surface area contributed by atoms with Crippen molar-refractivity contribution in [1.82, 2.24) is 24.5 Å². The standard InChI is InChI=1S/C9H11N7O2S/c1-15-6-5(7(17)16(2)9(15)18)12-4(13-6)3-11-14-8(10)19/h3H,1-2H3,(H,12,13)(H3,10,14,19). The SMILES string of the molecule is Cn1c(=O)c2[nH]c(C=NNC(N)=S)nc2n(C)c1=O. The summed E-state index contributed by atoms with van der Waals surface area (Å²) >= 11 is 4.57. The van der Waals surface area contributed by atoms with E-state index in [4.69, 9.17) is 5.73 Å². The van der Waals surface area contributed by atoms with E-state index in [-0.39, 0.29) is 16.3 Å². The van der Waals surface area contributed by atoms with Crippen LogP contribution in [0.2, 0.25) is 0 Å². The van der Waals surface area contributed by atoms with E-state index in [0.29, 0.717) is 5.82 Å². The summed E-state index contributed by atoms with van der Waals surface area (Å²) in [4.78, 5) is 30.4. The zero-order valence-corrected chi connectivity index (χ0v) is 11.0. The van der Waals surface area contributed by atoms with Gasteiger partial charge >= 0.3 is 5.69 Å². The highest BCUT2D eigenvalue weighted by Crippen LogP contribution is 2.02. The molecule has 0 saturated carbocycles. The fraction of sp³-hybridized carbons (Fsp3) is 0.222. The molecule has 19 heavy (non-hydrogen) atoms. The lowest BCUT2D eigenvalue weighted by molar-refractivity contribution is 0.709. The lowest BCUT2D eigenvalue weighted by Crippen LogP contribution is -2.36. The van der Waals surface area contributed by atoms with E-state index in [1.807, 2.05) is 0 Å². The molecule has 0 unspecified atom stereocenters. The number of hydrogen-bond acceptors (Lipinski definition) is 5. The van der Waals surface area contributed by atoms with Crippen LogP contribution in [0.5, 0.6) is 0 Å². The molecule has 4 N–H and O–H groups in total. The molecule has 0 aliphatic carbocycles. The Bertz CT molecular complexity index is 797. The minimum atomic E-state index is -0.451. The van der Waals surface area contributed by atoms with E-state index in [0.717, 1.165) is 4.57 Å². The molecule has 2 aromatic rings. The van der Waals surface area contributed by atoms with Crippen LogP contribution in [0.3, 0.4) is 0 Å². The predicted molar refractivity (Wildman–Crippen MR) is 74.1 cm³/mol. The number of nitrogens with one attached hydrogen (secondary N) is 2. The van der Waals surface area contributed by atoms with Crippen LogP contribution in [0.1, 0.15) is 5.82 Å². The number of H-pyrrole nitrogens is 1. The summed E-state index contributed by atoms with van der Waals surface area (Å²) in [5.41, 5.74) is 7.13. The summed E-state index contributed by atoms with van der Waals surface area (Å²) in [6.45, 7) is 0. The van der Waals surface area contributed by atoms with Crippen LogP contribution < -0.4 is 22.4 Å². The minimum Gasteiger partial charge on any atom is -0.375 e. The Morgan fingerprint density at radius 3 is 2.79 bits per heavy atom. The van der Waals surface area contributed by atoms with Crippen LogP contribution in [-0.4, -0.2) is 30.4 Å². The molecule has 0 fully saturated rings. The van der Waals surface area contributed by atoms with Gasteiger partial charge in [-0.05, 0) is 12.2 Å². The predicted octanol–water partition coefficient (Wildman–Crippen LogP) is -1.87. The molecule has 2 rings (SSSR count). The zero-order valence-electron chi connectivity index (χ0n) is 10.2. The number of thiocarbonyl (C=S) groups is 1. The third kappa shape index (κ3) is 2.25.